The fourth-order valence-corrected chi connectivity index (χ4v) is 3.16. The molecule has 2 atom stereocenters. The first-order chi connectivity index (χ1) is 9.24. The summed E-state index contributed by atoms with van der Waals surface area (Å²) < 4.78 is 0. The number of amides is 1. The van der Waals surface area contributed by atoms with Gasteiger partial charge in [0.05, 0.1) is 5.41 Å². The molecule has 1 aliphatic carbocycles. The van der Waals surface area contributed by atoms with Gasteiger partial charge in [-0.3, -0.25) is 4.79 Å². The Bertz CT molecular complexity index is 531. The van der Waals surface area contributed by atoms with Crippen LogP contribution in [0.3, 0.4) is 0 Å². The predicted molar refractivity (Wildman–Crippen MR) is 77.9 cm³/mol. The molecule has 0 saturated carbocycles. The zero-order chi connectivity index (χ0) is 13.3. The van der Waals surface area contributed by atoms with Crippen molar-refractivity contribution in [3.8, 4) is 0 Å². The molecule has 1 saturated heterocycles. The molecular weight excluding hydrogens is 234 g/mol. The molecule has 0 aromatic heterocycles. The number of para-hydroxylation sites is 1. The van der Waals surface area contributed by atoms with Crippen molar-refractivity contribution in [1.82, 2.24) is 0 Å². The summed E-state index contributed by atoms with van der Waals surface area (Å²) in [6.45, 7) is 3.02. The molecule has 0 N–H and O–H groups in total. The first-order valence-electron chi connectivity index (χ1n) is 6.95. The van der Waals surface area contributed by atoms with E-state index in [2.05, 4.69) is 19.1 Å². The number of anilines is 1. The molecule has 1 spiro atoms. The van der Waals surface area contributed by atoms with Gasteiger partial charge in [-0.15, -0.1) is 0 Å². The van der Waals surface area contributed by atoms with E-state index in [4.69, 9.17) is 0 Å². The van der Waals surface area contributed by atoms with E-state index in [1.165, 1.54) is 0 Å². The van der Waals surface area contributed by atoms with Gasteiger partial charge in [0, 0.05) is 12.2 Å². The van der Waals surface area contributed by atoms with Gasteiger partial charge in [0.15, 0.2) is 0 Å². The molecule has 0 bridgehead atoms. The highest BCUT2D eigenvalue weighted by molar-refractivity contribution is 6.00. The van der Waals surface area contributed by atoms with Crippen LogP contribution in [-0.4, -0.2) is 12.5 Å². The number of hydrogen-bond donors (Lipinski definition) is 0. The number of carbonyl (C=O) groups is 1. The highest BCUT2D eigenvalue weighted by Gasteiger charge is 2.46. The second kappa shape index (κ2) is 4.69. The number of piperidine rings is 1. The zero-order valence-corrected chi connectivity index (χ0v) is 11.3. The molecule has 1 aromatic carbocycles. The van der Waals surface area contributed by atoms with Crippen molar-refractivity contribution < 1.29 is 4.79 Å². The molecule has 2 heteroatoms. The Morgan fingerprint density at radius 2 is 2.00 bits per heavy atom. The van der Waals surface area contributed by atoms with Crippen LogP contribution in [-0.2, 0) is 4.79 Å². The normalized spacial score (nSPS) is 30.1. The molecule has 1 aliphatic heterocycles. The number of benzene rings is 1. The maximum Gasteiger partial charge on any atom is 0.237 e. The molecule has 0 radical (unpaired) electrons. The maximum atomic E-state index is 13.0. The Balaban J connectivity index is 1.96. The van der Waals surface area contributed by atoms with Gasteiger partial charge in [-0.25, -0.2) is 0 Å². The van der Waals surface area contributed by atoms with Gasteiger partial charge < -0.3 is 4.90 Å². The van der Waals surface area contributed by atoms with Crippen LogP contribution in [0.1, 0.15) is 19.8 Å². The third kappa shape index (κ3) is 1.92. The predicted octanol–water partition coefficient (Wildman–Crippen LogP) is 3.56. The second-order valence-corrected chi connectivity index (χ2v) is 5.51. The SMILES string of the molecule is C[C@@H]1CCN(c2ccccc2)C(=O)[C@]12C=CC=CC2. The molecule has 19 heavy (non-hydrogen) atoms. The molecule has 0 unspecified atom stereocenters. The Hall–Kier alpha value is -1.83. The second-order valence-electron chi connectivity index (χ2n) is 5.51. The highest BCUT2D eigenvalue weighted by atomic mass is 16.2. The summed E-state index contributed by atoms with van der Waals surface area (Å²) in [6, 6.07) is 10.0. The minimum atomic E-state index is -0.331. The first-order valence-corrected chi connectivity index (χ1v) is 6.95. The van der Waals surface area contributed by atoms with Crippen molar-refractivity contribution in [2.24, 2.45) is 11.3 Å². The topological polar surface area (TPSA) is 20.3 Å². The lowest BCUT2D eigenvalue weighted by Crippen LogP contribution is -2.52. The fourth-order valence-electron chi connectivity index (χ4n) is 3.16. The number of rotatable bonds is 1. The largest absolute Gasteiger partial charge is 0.312 e. The lowest BCUT2D eigenvalue weighted by Gasteiger charge is -2.44. The molecular formula is C17H19NO. The number of carbonyl (C=O) groups excluding carboxylic acids is 1. The van der Waals surface area contributed by atoms with Crippen LogP contribution in [0.5, 0.6) is 0 Å². The van der Waals surface area contributed by atoms with Gasteiger partial charge >= 0.3 is 0 Å². The summed E-state index contributed by atoms with van der Waals surface area (Å²) >= 11 is 0. The summed E-state index contributed by atoms with van der Waals surface area (Å²) in [4.78, 5) is 14.9. The van der Waals surface area contributed by atoms with Crippen molar-refractivity contribution >= 4 is 11.6 Å². The fraction of sp³-hybridized carbons (Fsp3) is 0.353. The van der Waals surface area contributed by atoms with Crippen molar-refractivity contribution in [1.29, 1.82) is 0 Å². The molecule has 2 aliphatic rings. The van der Waals surface area contributed by atoms with E-state index >= 15 is 0 Å². The quantitative estimate of drug-likeness (QED) is 0.749. The van der Waals surface area contributed by atoms with E-state index in [1.54, 1.807) is 0 Å². The number of nitrogens with zero attached hydrogens (tertiary/aromatic N) is 1. The van der Waals surface area contributed by atoms with Gasteiger partial charge in [0.1, 0.15) is 0 Å². The molecule has 98 valence electrons. The summed E-state index contributed by atoms with van der Waals surface area (Å²) in [6.07, 6.45) is 10.2. The van der Waals surface area contributed by atoms with E-state index in [0.29, 0.717) is 5.92 Å². The first kappa shape index (κ1) is 12.2. The van der Waals surface area contributed by atoms with Crippen LogP contribution in [0.25, 0.3) is 0 Å². The maximum absolute atomic E-state index is 13.0. The summed E-state index contributed by atoms with van der Waals surface area (Å²) in [5, 5.41) is 0. The average molecular weight is 253 g/mol. The number of hydrogen-bond acceptors (Lipinski definition) is 1. The van der Waals surface area contributed by atoms with Crippen LogP contribution in [0.15, 0.2) is 54.6 Å². The van der Waals surface area contributed by atoms with Crippen LogP contribution in [0.4, 0.5) is 5.69 Å². The highest BCUT2D eigenvalue weighted by Crippen LogP contribution is 2.43. The third-order valence-electron chi connectivity index (χ3n) is 4.47. The van der Waals surface area contributed by atoms with Gasteiger partial charge in [-0.2, -0.15) is 0 Å². The number of allylic oxidation sites excluding steroid dienone is 3. The van der Waals surface area contributed by atoms with E-state index in [9.17, 15) is 4.79 Å². The lowest BCUT2D eigenvalue weighted by molar-refractivity contribution is -0.130. The minimum Gasteiger partial charge on any atom is -0.312 e. The molecule has 1 aromatic rings. The van der Waals surface area contributed by atoms with E-state index in [0.717, 1.165) is 25.1 Å². The van der Waals surface area contributed by atoms with Crippen molar-refractivity contribution in [2.75, 3.05) is 11.4 Å². The van der Waals surface area contributed by atoms with E-state index in [1.807, 2.05) is 47.4 Å². The lowest BCUT2D eigenvalue weighted by atomic mass is 9.67. The van der Waals surface area contributed by atoms with Gasteiger partial charge in [0.2, 0.25) is 5.91 Å². The van der Waals surface area contributed by atoms with Crippen molar-refractivity contribution in [3.05, 3.63) is 54.6 Å². The van der Waals surface area contributed by atoms with Crippen LogP contribution in [0, 0.1) is 11.3 Å². The van der Waals surface area contributed by atoms with Crippen LogP contribution in [0.2, 0.25) is 0 Å². The molecule has 3 rings (SSSR count). The molecule has 1 amide bonds. The van der Waals surface area contributed by atoms with E-state index < -0.39 is 0 Å². The Morgan fingerprint density at radius 3 is 2.68 bits per heavy atom. The summed E-state index contributed by atoms with van der Waals surface area (Å²) in [5.41, 5.74) is 0.685. The molecule has 1 heterocycles. The van der Waals surface area contributed by atoms with E-state index in [-0.39, 0.29) is 11.3 Å². The van der Waals surface area contributed by atoms with Crippen molar-refractivity contribution in [2.45, 2.75) is 19.8 Å². The Kier molecular flexibility index (Phi) is 3.02. The van der Waals surface area contributed by atoms with Gasteiger partial charge in [-0.1, -0.05) is 49.4 Å². The van der Waals surface area contributed by atoms with Crippen LogP contribution >= 0.6 is 0 Å². The van der Waals surface area contributed by atoms with Gasteiger partial charge in [0.25, 0.3) is 0 Å². The monoisotopic (exact) mass is 253 g/mol. The summed E-state index contributed by atoms with van der Waals surface area (Å²) in [5.74, 6) is 0.652. The van der Waals surface area contributed by atoms with Crippen LogP contribution < -0.4 is 4.90 Å². The van der Waals surface area contributed by atoms with Gasteiger partial charge in [-0.05, 0) is 30.9 Å². The average Bonchev–Trinajstić information content (AvgIpc) is 2.47. The van der Waals surface area contributed by atoms with Crippen molar-refractivity contribution in [3.63, 3.8) is 0 Å². The smallest absolute Gasteiger partial charge is 0.237 e. The summed E-state index contributed by atoms with van der Waals surface area (Å²) in [7, 11) is 0. The Morgan fingerprint density at radius 1 is 1.21 bits per heavy atom. The minimum absolute atomic E-state index is 0.248. The zero-order valence-electron chi connectivity index (χ0n) is 11.3. The standard InChI is InChI=1S/C17H19NO/c1-14-10-13-18(15-8-4-2-5-9-15)16(19)17(14)11-6-3-7-12-17/h2-9,11,14H,10,12-13H2,1H3/t14-,17+/m1/s1. The third-order valence-corrected chi connectivity index (χ3v) is 4.47. The molecule has 1 fully saturated rings. The Labute approximate surface area is 114 Å². The molecule has 2 nitrogen and oxygen atoms in total.